The lowest BCUT2D eigenvalue weighted by atomic mass is 10.3. The number of phenols is 1. The zero-order chi connectivity index (χ0) is 13.9. The molecule has 0 aliphatic carbocycles. The Morgan fingerprint density at radius 3 is 1.79 bits per heavy atom. The van der Waals surface area contributed by atoms with Crippen molar-refractivity contribution in [3.8, 4) is 11.5 Å². The van der Waals surface area contributed by atoms with Crippen LogP contribution in [0.4, 0.5) is 13.2 Å². The van der Waals surface area contributed by atoms with Gasteiger partial charge in [-0.2, -0.15) is 0 Å². The smallest absolute Gasteiger partial charge is 0.508 e. The molecule has 0 saturated heterocycles. The van der Waals surface area contributed by atoms with Crippen LogP contribution in [-0.2, 0) is 0 Å². The predicted molar refractivity (Wildman–Crippen MR) is 65.4 cm³/mol. The standard InChI is InChI=1S/C13H9F3O2S/c14-13(15,16)18-10-3-7-12(8-4-10)19-11-5-1-9(17)2-6-11/h1-8,17H. The zero-order valence-corrected chi connectivity index (χ0v) is 10.3. The van der Waals surface area contributed by atoms with Gasteiger partial charge >= 0.3 is 6.36 Å². The van der Waals surface area contributed by atoms with Crippen LogP contribution < -0.4 is 4.74 Å². The summed E-state index contributed by atoms with van der Waals surface area (Å²) in [7, 11) is 0. The van der Waals surface area contributed by atoms with Gasteiger partial charge in [0, 0.05) is 9.79 Å². The average molecular weight is 286 g/mol. The molecule has 0 fully saturated rings. The number of benzene rings is 2. The second-order valence-corrected chi connectivity index (χ2v) is 4.76. The second kappa shape index (κ2) is 5.44. The van der Waals surface area contributed by atoms with E-state index in [1.165, 1.54) is 23.9 Å². The fourth-order valence-corrected chi connectivity index (χ4v) is 2.18. The topological polar surface area (TPSA) is 29.5 Å². The minimum atomic E-state index is -4.67. The SMILES string of the molecule is Oc1ccc(Sc2ccc(OC(F)(F)F)cc2)cc1. The van der Waals surface area contributed by atoms with Crippen LogP contribution in [0.25, 0.3) is 0 Å². The molecule has 2 nitrogen and oxygen atoms in total. The van der Waals surface area contributed by atoms with E-state index in [-0.39, 0.29) is 11.5 Å². The first-order valence-corrected chi connectivity index (χ1v) is 6.07. The van der Waals surface area contributed by atoms with Crippen molar-refractivity contribution in [2.24, 2.45) is 0 Å². The summed E-state index contributed by atoms with van der Waals surface area (Å²) >= 11 is 1.38. The zero-order valence-electron chi connectivity index (χ0n) is 9.52. The maximum atomic E-state index is 12.0. The van der Waals surface area contributed by atoms with Crippen LogP contribution in [0.1, 0.15) is 0 Å². The molecule has 0 heterocycles. The lowest BCUT2D eigenvalue weighted by Gasteiger charge is -2.09. The molecule has 0 bridgehead atoms. The van der Waals surface area contributed by atoms with Crippen LogP contribution in [0.3, 0.4) is 0 Å². The summed E-state index contributed by atoms with van der Waals surface area (Å²) in [5.41, 5.74) is 0. The van der Waals surface area contributed by atoms with Gasteiger partial charge < -0.3 is 9.84 Å². The van der Waals surface area contributed by atoms with Crippen LogP contribution in [0.15, 0.2) is 58.3 Å². The Balaban J connectivity index is 2.04. The number of alkyl halides is 3. The highest BCUT2D eigenvalue weighted by Gasteiger charge is 2.30. The minimum absolute atomic E-state index is 0.165. The molecule has 0 aromatic heterocycles. The summed E-state index contributed by atoms with van der Waals surface area (Å²) in [6.07, 6.45) is -4.67. The van der Waals surface area contributed by atoms with Gasteiger partial charge in [-0.15, -0.1) is 13.2 Å². The Bertz CT molecular complexity index is 535. The Hall–Kier alpha value is -1.82. The van der Waals surface area contributed by atoms with Gasteiger partial charge in [0.25, 0.3) is 0 Å². The molecular weight excluding hydrogens is 277 g/mol. The molecule has 0 atom stereocenters. The summed E-state index contributed by atoms with van der Waals surface area (Å²) in [5.74, 6) is -0.0826. The van der Waals surface area contributed by atoms with Crippen molar-refractivity contribution in [1.29, 1.82) is 0 Å². The number of halogens is 3. The molecular formula is C13H9F3O2S. The molecule has 1 N–H and O–H groups in total. The Labute approximate surface area is 111 Å². The first kappa shape index (κ1) is 13.6. The van der Waals surface area contributed by atoms with E-state index in [4.69, 9.17) is 5.11 Å². The molecule has 2 aromatic rings. The van der Waals surface area contributed by atoms with E-state index in [1.54, 1.807) is 36.4 Å². The van der Waals surface area contributed by atoms with E-state index in [1.807, 2.05) is 0 Å². The third kappa shape index (κ3) is 4.40. The molecule has 0 aliphatic heterocycles. The number of aromatic hydroxyl groups is 1. The Morgan fingerprint density at radius 1 is 0.842 bits per heavy atom. The van der Waals surface area contributed by atoms with Gasteiger partial charge in [0.05, 0.1) is 0 Å². The molecule has 0 aliphatic rings. The largest absolute Gasteiger partial charge is 0.573 e. The van der Waals surface area contributed by atoms with Crippen LogP contribution in [0.2, 0.25) is 0 Å². The molecule has 0 radical (unpaired) electrons. The molecule has 0 spiro atoms. The van der Waals surface area contributed by atoms with Gasteiger partial charge in [0.2, 0.25) is 0 Å². The summed E-state index contributed by atoms with van der Waals surface area (Å²) < 4.78 is 39.7. The molecule has 2 rings (SSSR count). The Morgan fingerprint density at radius 2 is 1.32 bits per heavy atom. The van der Waals surface area contributed by atoms with E-state index in [0.717, 1.165) is 9.79 Å². The molecule has 0 saturated carbocycles. The van der Waals surface area contributed by atoms with Crippen molar-refractivity contribution < 1.29 is 23.0 Å². The van der Waals surface area contributed by atoms with E-state index in [0.29, 0.717) is 0 Å². The van der Waals surface area contributed by atoms with Crippen LogP contribution in [-0.4, -0.2) is 11.5 Å². The maximum absolute atomic E-state index is 12.0. The van der Waals surface area contributed by atoms with Crippen LogP contribution in [0.5, 0.6) is 11.5 Å². The lowest BCUT2D eigenvalue weighted by molar-refractivity contribution is -0.274. The van der Waals surface area contributed by atoms with Crippen LogP contribution >= 0.6 is 11.8 Å². The van der Waals surface area contributed by atoms with Gasteiger partial charge in [-0.25, -0.2) is 0 Å². The van der Waals surface area contributed by atoms with Crippen LogP contribution in [0, 0.1) is 0 Å². The van der Waals surface area contributed by atoms with Crippen molar-refractivity contribution in [2.75, 3.05) is 0 Å². The number of hydrogen-bond acceptors (Lipinski definition) is 3. The predicted octanol–water partition coefficient (Wildman–Crippen LogP) is 4.44. The van der Waals surface area contributed by atoms with Crippen molar-refractivity contribution in [1.82, 2.24) is 0 Å². The summed E-state index contributed by atoms with van der Waals surface area (Å²) in [6, 6.07) is 12.1. The van der Waals surface area contributed by atoms with Gasteiger partial charge in [-0.1, -0.05) is 11.8 Å². The fourth-order valence-electron chi connectivity index (χ4n) is 1.36. The fraction of sp³-hybridized carbons (Fsp3) is 0.0769. The number of phenolic OH excluding ortho intramolecular Hbond substituents is 1. The second-order valence-electron chi connectivity index (χ2n) is 3.62. The quantitative estimate of drug-likeness (QED) is 0.904. The van der Waals surface area contributed by atoms with Crippen molar-refractivity contribution in [3.63, 3.8) is 0 Å². The highest BCUT2D eigenvalue weighted by molar-refractivity contribution is 7.99. The molecule has 0 unspecified atom stereocenters. The van der Waals surface area contributed by atoms with E-state index in [9.17, 15) is 13.2 Å². The maximum Gasteiger partial charge on any atom is 0.573 e. The molecule has 0 amide bonds. The third-order valence-corrected chi connectivity index (χ3v) is 3.15. The number of ether oxygens (including phenoxy) is 1. The van der Waals surface area contributed by atoms with E-state index < -0.39 is 6.36 Å². The molecule has 19 heavy (non-hydrogen) atoms. The minimum Gasteiger partial charge on any atom is -0.508 e. The van der Waals surface area contributed by atoms with Gasteiger partial charge in [0.1, 0.15) is 11.5 Å². The highest BCUT2D eigenvalue weighted by Crippen LogP contribution is 2.31. The van der Waals surface area contributed by atoms with E-state index in [2.05, 4.69) is 4.74 Å². The van der Waals surface area contributed by atoms with Crippen molar-refractivity contribution in [3.05, 3.63) is 48.5 Å². The summed E-state index contributed by atoms with van der Waals surface area (Å²) in [5, 5.41) is 9.13. The Kier molecular flexibility index (Phi) is 3.90. The highest BCUT2D eigenvalue weighted by atomic mass is 32.2. The van der Waals surface area contributed by atoms with E-state index >= 15 is 0 Å². The lowest BCUT2D eigenvalue weighted by Crippen LogP contribution is -2.16. The first-order chi connectivity index (χ1) is 8.92. The van der Waals surface area contributed by atoms with Gasteiger partial charge in [-0.3, -0.25) is 0 Å². The molecule has 2 aromatic carbocycles. The summed E-state index contributed by atoms with van der Waals surface area (Å²) in [4.78, 5) is 1.66. The van der Waals surface area contributed by atoms with Crippen molar-refractivity contribution in [2.45, 2.75) is 16.2 Å². The van der Waals surface area contributed by atoms with Crippen molar-refractivity contribution >= 4 is 11.8 Å². The number of rotatable bonds is 3. The first-order valence-electron chi connectivity index (χ1n) is 5.25. The number of hydrogen-bond donors (Lipinski definition) is 1. The van der Waals surface area contributed by atoms with Gasteiger partial charge in [-0.05, 0) is 48.5 Å². The third-order valence-electron chi connectivity index (χ3n) is 2.13. The summed E-state index contributed by atoms with van der Waals surface area (Å²) in [6.45, 7) is 0. The monoisotopic (exact) mass is 286 g/mol. The normalized spacial score (nSPS) is 11.3. The molecule has 100 valence electrons. The molecule has 6 heteroatoms. The van der Waals surface area contributed by atoms with Gasteiger partial charge in [0.15, 0.2) is 0 Å². The average Bonchev–Trinajstić information content (AvgIpc) is 2.33.